The predicted molar refractivity (Wildman–Crippen MR) is 105 cm³/mol. The van der Waals surface area contributed by atoms with E-state index in [4.69, 9.17) is 27.6 Å². The van der Waals surface area contributed by atoms with Crippen LogP contribution in [0.5, 0.6) is 5.75 Å². The summed E-state index contributed by atoms with van der Waals surface area (Å²) in [7, 11) is 0. The molecule has 8 heteroatoms. The van der Waals surface area contributed by atoms with Crippen LogP contribution in [0.3, 0.4) is 0 Å². The summed E-state index contributed by atoms with van der Waals surface area (Å²) in [6.07, 6.45) is 0.736. The number of Topliss-reactive ketones (excluding diaryl/α,β-unsaturated/α-hetero) is 1. The van der Waals surface area contributed by atoms with Crippen molar-refractivity contribution in [3.05, 3.63) is 59.7 Å². The number of hydrogen-bond donors (Lipinski definition) is 1. The lowest BCUT2D eigenvalue weighted by Gasteiger charge is -2.03. The number of aromatic nitrogens is 2. The summed E-state index contributed by atoms with van der Waals surface area (Å²) in [5.41, 5.74) is 2.35. The number of benzene rings is 2. The van der Waals surface area contributed by atoms with E-state index >= 15 is 0 Å². The van der Waals surface area contributed by atoms with Crippen LogP contribution in [0.2, 0.25) is 0 Å². The number of carbonyl (C=O) groups excluding carboxylic acids is 1. The smallest absolute Gasteiger partial charge is 0.277 e. The van der Waals surface area contributed by atoms with Crippen molar-refractivity contribution in [1.82, 2.24) is 10.2 Å². The Labute approximate surface area is 169 Å². The summed E-state index contributed by atoms with van der Waals surface area (Å²) in [4.78, 5) is 12.4. The topological polar surface area (TPSA) is 76.2 Å². The number of hydrogen-bond acceptors (Lipinski definition) is 6. The first-order chi connectivity index (χ1) is 12.9. The third-order valence-corrected chi connectivity index (χ3v) is 5.96. The van der Waals surface area contributed by atoms with Crippen LogP contribution in [0, 0.1) is 0 Å². The third kappa shape index (κ3) is 4.13. The van der Waals surface area contributed by atoms with Crippen LogP contribution in [0.25, 0.3) is 11.5 Å². The van der Waals surface area contributed by atoms with Gasteiger partial charge in [0.1, 0.15) is 10.1 Å². The highest BCUT2D eigenvalue weighted by Crippen LogP contribution is 2.59. The molecular weight excluding hydrogens is 407 g/mol. The Hall–Kier alpha value is -2.02. The molecule has 1 fully saturated rings. The second-order valence-electron chi connectivity index (χ2n) is 6.27. The SMILES string of the molecule is O=C(CSc1nnc(-c2ccc(O)cc2)o1)c1ccc([C@@H]2CC2(Cl)Cl)cc1. The predicted octanol–water partition coefficient (Wildman–Crippen LogP) is 5.08. The number of thioether (sulfide) groups is 1. The van der Waals surface area contributed by atoms with Crippen LogP contribution in [-0.2, 0) is 0 Å². The maximum atomic E-state index is 12.4. The van der Waals surface area contributed by atoms with Gasteiger partial charge in [0.25, 0.3) is 5.22 Å². The highest BCUT2D eigenvalue weighted by molar-refractivity contribution is 7.99. The van der Waals surface area contributed by atoms with E-state index in [-0.39, 0.29) is 23.2 Å². The maximum absolute atomic E-state index is 12.4. The van der Waals surface area contributed by atoms with E-state index in [0.29, 0.717) is 22.2 Å². The van der Waals surface area contributed by atoms with Gasteiger partial charge in [-0.05, 0) is 36.2 Å². The molecule has 1 aliphatic rings. The van der Waals surface area contributed by atoms with Gasteiger partial charge in [0.05, 0.1) is 5.75 Å². The lowest BCUT2D eigenvalue weighted by Crippen LogP contribution is -2.02. The lowest BCUT2D eigenvalue weighted by molar-refractivity contribution is 0.102. The van der Waals surface area contributed by atoms with Gasteiger partial charge in [0.15, 0.2) is 5.78 Å². The standard InChI is InChI=1S/C19H14Cl2N2O3S/c20-19(21)9-15(19)11-1-3-12(4-2-11)16(25)10-27-18-23-22-17(26-18)13-5-7-14(24)8-6-13/h1-8,15,24H,9-10H2/t15-/m0/s1. The summed E-state index contributed by atoms with van der Waals surface area (Å²) in [5.74, 6) is 0.790. The van der Waals surface area contributed by atoms with E-state index in [1.54, 1.807) is 36.4 Å². The molecular formula is C19H14Cl2N2O3S. The number of alkyl halides is 2. The number of phenolic OH excluding ortho intramolecular Hbond substituents is 1. The molecule has 0 aliphatic heterocycles. The average Bonchev–Trinajstić information content (AvgIpc) is 3.07. The largest absolute Gasteiger partial charge is 0.508 e. The third-order valence-electron chi connectivity index (χ3n) is 4.31. The second-order valence-corrected chi connectivity index (χ2v) is 8.74. The highest BCUT2D eigenvalue weighted by atomic mass is 35.5. The van der Waals surface area contributed by atoms with Crippen molar-refractivity contribution in [3.63, 3.8) is 0 Å². The first-order valence-corrected chi connectivity index (χ1v) is 9.93. The molecule has 5 nitrogen and oxygen atoms in total. The number of rotatable bonds is 6. The lowest BCUT2D eigenvalue weighted by atomic mass is 10.1. The van der Waals surface area contributed by atoms with Gasteiger partial charge in [-0.1, -0.05) is 36.0 Å². The summed E-state index contributed by atoms with van der Waals surface area (Å²) < 4.78 is 4.88. The zero-order valence-electron chi connectivity index (χ0n) is 13.9. The van der Waals surface area contributed by atoms with Crippen LogP contribution in [0.1, 0.15) is 28.3 Å². The van der Waals surface area contributed by atoms with Gasteiger partial charge in [-0.25, -0.2) is 0 Å². The van der Waals surface area contributed by atoms with Gasteiger partial charge in [-0.2, -0.15) is 0 Å². The molecule has 0 radical (unpaired) electrons. The highest BCUT2D eigenvalue weighted by Gasteiger charge is 2.52. The molecule has 1 heterocycles. The number of aromatic hydroxyl groups is 1. The maximum Gasteiger partial charge on any atom is 0.277 e. The Bertz CT molecular complexity index is 971. The van der Waals surface area contributed by atoms with Crippen LogP contribution in [0.15, 0.2) is 58.2 Å². The van der Waals surface area contributed by atoms with E-state index in [2.05, 4.69) is 10.2 Å². The van der Waals surface area contributed by atoms with Crippen LogP contribution < -0.4 is 0 Å². The monoisotopic (exact) mass is 420 g/mol. The molecule has 1 saturated carbocycles. The zero-order chi connectivity index (χ0) is 19.0. The van der Waals surface area contributed by atoms with Crippen LogP contribution >= 0.6 is 35.0 Å². The molecule has 0 saturated heterocycles. The first-order valence-electron chi connectivity index (χ1n) is 8.19. The van der Waals surface area contributed by atoms with Crippen molar-refractivity contribution in [2.24, 2.45) is 0 Å². The van der Waals surface area contributed by atoms with Crippen molar-refractivity contribution < 1.29 is 14.3 Å². The second kappa shape index (κ2) is 7.19. The molecule has 27 heavy (non-hydrogen) atoms. The molecule has 1 atom stereocenters. The fraction of sp³-hybridized carbons (Fsp3) is 0.211. The van der Waals surface area contributed by atoms with Gasteiger partial charge >= 0.3 is 0 Å². The van der Waals surface area contributed by atoms with Crippen LogP contribution in [0.4, 0.5) is 0 Å². The summed E-state index contributed by atoms with van der Waals surface area (Å²) >= 11 is 13.3. The van der Waals surface area contributed by atoms with Gasteiger partial charge in [-0.3, -0.25) is 4.79 Å². The summed E-state index contributed by atoms with van der Waals surface area (Å²) in [5, 5.41) is 17.5. The molecule has 4 rings (SSSR count). The van der Waals surface area contributed by atoms with Crippen molar-refractivity contribution in [1.29, 1.82) is 0 Å². The number of phenols is 1. The number of carbonyl (C=O) groups is 1. The number of halogens is 2. The summed E-state index contributed by atoms with van der Waals surface area (Å²) in [6, 6.07) is 13.8. The number of nitrogens with zero attached hydrogens (tertiary/aromatic N) is 2. The average molecular weight is 421 g/mol. The van der Waals surface area contributed by atoms with E-state index in [9.17, 15) is 9.90 Å². The molecule has 2 aromatic carbocycles. The van der Waals surface area contributed by atoms with Crippen molar-refractivity contribution in [2.75, 3.05) is 5.75 Å². The fourth-order valence-electron chi connectivity index (χ4n) is 2.68. The normalized spacial score (nSPS) is 17.6. The molecule has 1 aliphatic carbocycles. The van der Waals surface area contributed by atoms with Gasteiger partial charge in [-0.15, -0.1) is 33.4 Å². The molecule has 0 unspecified atom stereocenters. The Kier molecular flexibility index (Phi) is 4.88. The van der Waals surface area contributed by atoms with Crippen molar-refractivity contribution in [2.45, 2.75) is 21.9 Å². The Balaban J connectivity index is 1.36. The minimum Gasteiger partial charge on any atom is -0.508 e. The Morgan fingerprint density at radius 3 is 2.44 bits per heavy atom. The molecule has 1 N–H and O–H groups in total. The van der Waals surface area contributed by atoms with E-state index < -0.39 is 4.33 Å². The van der Waals surface area contributed by atoms with Gasteiger partial charge in [0, 0.05) is 17.0 Å². The molecule has 0 amide bonds. The molecule has 138 valence electrons. The Morgan fingerprint density at radius 1 is 1.15 bits per heavy atom. The van der Waals surface area contributed by atoms with Gasteiger partial charge in [0.2, 0.25) is 5.89 Å². The minimum absolute atomic E-state index is 0.0326. The molecule has 3 aromatic rings. The van der Waals surface area contributed by atoms with E-state index in [1.165, 1.54) is 11.8 Å². The fourth-order valence-corrected chi connectivity index (χ4v) is 3.89. The summed E-state index contributed by atoms with van der Waals surface area (Å²) in [6.45, 7) is 0. The van der Waals surface area contributed by atoms with E-state index in [0.717, 1.165) is 12.0 Å². The molecule has 1 aromatic heterocycles. The van der Waals surface area contributed by atoms with E-state index in [1.807, 2.05) is 12.1 Å². The first kappa shape index (κ1) is 18.3. The molecule has 0 spiro atoms. The van der Waals surface area contributed by atoms with Crippen LogP contribution in [-0.4, -0.2) is 31.2 Å². The quantitative estimate of drug-likeness (QED) is 0.340. The van der Waals surface area contributed by atoms with Crippen molar-refractivity contribution in [3.8, 4) is 17.2 Å². The minimum atomic E-state index is -0.672. The van der Waals surface area contributed by atoms with Crippen molar-refractivity contribution >= 4 is 40.7 Å². The van der Waals surface area contributed by atoms with Gasteiger partial charge < -0.3 is 9.52 Å². The Morgan fingerprint density at radius 2 is 1.81 bits per heavy atom. The molecule has 0 bridgehead atoms. The zero-order valence-corrected chi connectivity index (χ0v) is 16.3. The number of ketones is 1.